The van der Waals surface area contributed by atoms with Crippen LogP contribution in [0.2, 0.25) is 0 Å². The minimum atomic E-state index is -1.41. The highest BCUT2D eigenvalue weighted by atomic mass is 16.8. The molecule has 1 heterocycles. The van der Waals surface area contributed by atoms with E-state index in [0.29, 0.717) is 5.56 Å². The summed E-state index contributed by atoms with van der Waals surface area (Å²) < 4.78 is 26.8. The molecule has 1 unspecified atom stereocenters. The summed E-state index contributed by atoms with van der Waals surface area (Å²) in [6.07, 6.45) is -3.94. The van der Waals surface area contributed by atoms with E-state index < -0.39 is 89.4 Å². The fraction of sp³-hybridized carbons (Fsp3) is 0.500. The van der Waals surface area contributed by atoms with Crippen LogP contribution in [0.25, 0.3) is 11.3 Å². The Labute approximate surface area is 375 Å². The maximum atomic E-state index is 14.4. The zero-order valence-corrected chi connectivity index (χ0v) is 38.6. The molecule has 0 radical (unpaired) electrons. The molecule has 0 aliphatic heterocycles. The average molecular weight is 892 g/mol. The summed E-state index contributed by atoms with van der Waals surface area (Å²) in [4.78, 5) is 84.5. The second-order valence-electron chi connectivity index (χ2n) is 17.8. The maximum absolute atomic E-state index is 14.4. The van der Waals surface area contributed by atoms with Crippen LogP contribution in [0.1, 0.15) is 73.4 Å². The molecule has 2 aromatic carbocycles. The summed E-state index contributed by atoms with van der Waals surface area (Å²) >= 11 is 0. The van der Waals surface area contributed by atoms with E-state index in [4.69, 9.17) is 29.4 Å². The number of pyridine rings is 1. The average Bonchev–Trinajstić information content (AvgIpc) is 3.23. The summed E-state index contributed by atoms with van der Waals surface area (Å²) in [5.74, 6) is -2.62. The zero-order chi connectivity index (χ0) is 47.8. The standard InChI is InChI=1S/C46H65N7O11/c1-28(2)41(63-40(56)29(3)47)64-44(59)62-35(34(25-30-17-13-12-14-18-30)49-38(54)36(45(4,5)6)50-42(57)60-10)27-53(52-39(55)37(46(7,8)9)51-43(58)61-11)26-31-20-22-32(23-21-31)33-19-15-16-24-48-33/h12-24,28-29,34-37,41H,25-27,47H2,1-11H3,(H,49,54)(H,50,57)(H,51,58)(H,52,55)/t29-,34-,35-,36+,37+,41?/m0/s1. The highest BCUT2D eigenvalue weighted by molar-refractivity contribution is 5.87. The Hall–Kier alpha value is -6.27. The van der Waals surface area contributed by atoms with Gasteiger partial charge in [-0.25, -0.2) is 19.4 Å². The van der Waals surface area contributed by atoms with Crippen molar-refractivity contribution in [1.82, 2.24) is 31.4 Å². The first kappa shape index (κ1) is 52.1. The molecule has 6 atom stereocenters. The van der Waals surface area contributed by atoms with E-state index in [9.17, 15) is 28.8 Å². The van der Waals surface area contributed by atoms with Crippen molar-refractivity contribution >= 4 is 36.1 Å². The van der Waals surface area contributed by atoms with Gasteiger partial charge in [0.1, 0.15) is 24.2 Å². The van der Waals surface area contributed by atoms with Gasteiger partial charge in [-0.15, -0.1) is 0 Å². The number of alkyl carbamates (subject to hydrolysis) is 2. The smallest absolute Gasteiger partial charge is 0.453 e. The molecule has 1 aromatic heterocycles. The monoisotopic (exact) mass is 891 g/mol. The number of methoxy groups -OCH3 is 2. The van der Waals surface area contributed by atoms with E-state index in [-0.39, 0.29) is 19.5 Å². The zero-order valence-electron chi connectivity index (χ0n) is 38.6. The number of nitrogens with zero attached hydrogens (tertiary/aromatic N) is 2. The van der Waals surface area contributed by atoms with Crippen molar-refractivity contribution in [3.63, 3.8) is 0 Å². The number of ether oxygens (including phenoxy) is 5. The number of hydrogen-bond acceptors (Lipinski definition) is 14. The molecular formula is C46H65N7O11. The van der Waals surface area contributed by atoms with Crippen LogP contribution in [0, 0.1) is 16.7 Å². The molecule has 0 spiro atoms. The van der Waals surface area contributed by atoms with Crippen LogP contribution in [0.5, 0.6) is 0 Å². The molecule has 0 saturated carbocycles. The summed E-state index contributed by atoms with van der Waals surface area (Å²) in [6.45, 7) is 15.0. The van der Waals surface area contributed by atoms with E-state index in [1.807, 2.05) is 60.7 Å². The van der Waals surface area contributed by atoms with Crippen LogP contribution in [-0.4, -0.2) is 103 Å². The van der Waals surface area contributed by atoms with Gasteiger partial charge in [-0.1, -0.05) is 116 Å². The molecule has 0 aliphatic carbocycles. The lowest BCUT2D eigenvalue weighted by molar-refractivity contribution is -0.182. The van der Waals surface area contributed by atoms with Gasteiger partial charge in [-0.05, 0) is 47.4 Å². The van der Waals surface area contributed by atoms with Crippen molar-refractivity contribution in [2.75, 3.05) is 20.8 Å². The van der Waals surface area contributed by atoms with Gasteiger partial charge < -0.3 is 45.4 Å². The van der Waals surface area contributed by atoms with Crippen LogP contribution >= 0.6 is 0 Å². The van der Waals surface area contributed by atoms with Crippen LogP contribution < -0.4 is 27.1 Å². The fourth-order valence-corrected chi connectivity index (χ4v) is 6.25. The van der Waals surface area contributed by atoms with Crippen molar-refractivity contribution in [2.45, 2.75) is 112 Å². The number of amides is 4. The van der Waals surface area contributed by atoms with Crippen LogP contribution in [0.3, 0.4) is 0 Å². The van der Waals surface area contributed by atoms with Gasteiger partial charge >= 0.3 is 24.3 Å². The molecule has 18 heteroatoms. The highest BCUT2D eigenvalue weighted by Crippen LogP contribution is 2.24. The molecule has 6 N–H and O–H groups in total. The van der Waals surface area contributed by atoms with Gasteiger partial charge in [0, 0.05) is 24.2 Å². The number of esters is 1. The van der Waals surface area contributed by atoms with Gasteiger partial charge in [0.15, 0.2) is 0 Å². The Balaban J connectivity index is 2.21. The Morgan fingerprint density at radius 1 is 0.688 bits per heavy atom. The molecule has 3 rings (SSSR count). The first-order valence-corrected chi connectivity index (χ1v) is 20.9. The molecule has 0 bridgehead atoms. The van der Waals surface area contributed by atoms with Gasteiger partial charge in [0.25, 0.3) is 12.2 Å². The predicted octanol–water partition coefficient (Wildman–Crippen LogP) is 5.25. The van der Waals surface area contributed by atoms with E-state index >= 15 is 0 Å². The molecule has 350 valence electrons. The Morgan fingerprint density at radius 2 is 1.25 bits per heavy atom. The minimum Gasteiger partial charge on any atom is -0.453 e. The largest absolute Gasteiger partial charge is 0.511 e. The highest BCUT2D eigenvalue weighted by Gasteiger charge is 2.39. The van der Waals surface area contributed by atoms with E-state index in [1.54, 1.807) is 73.7 Å². The summed E-state index contributed by atoms with van der Waals surface area (Å²) in [7, 11) is 2.36. The number of carbonyl (C=O) groups excluding carboxylic acids is 6. The van der Waals surface area contributed by atoms with Crippen LogP contribution in [0.15, 0.2) is 79.0 Å². The fourth-order valence-electron chi connectivity index (χ4n) is 6.25. The lowest BCUT2D eigenvalue weighted by atomic mass is 9.85. The molecule has 18 nitrogen and oxygen atoms in total. The molecule has 64 heavy (non-hydrogen) atoms. The molecule has 0 fully saturated rings. The normalized spacial score (nSPS) is 14.4. The third-order valence-corrected chi connectivity index (χ3v) is 9.79. The van der Waals surface area contributed by atoms with Gasteiger partial charge in [-0.2, -0.15) is 0 Å². The van der Waals surface area contributed by atoms with Gasteiger partial charge in [0.2, 0.25) is 5.91 Å². The second-order valence-corrected chi connectivity index (χ2v) is 17.8. The summed E-state index contributed by atoms with van der Waals surface area (Å²) in [6, 6.07) is 17.7. The van der Waals surface area contributed by atoms with Crippen molar-refractivity contribution in [3.05, 3.63) is 90.1 Å². The molecular weight excluding hydrogens is 827 g/mol. The number of hydrazine groups is 1. The van der Waals surface area contributed by atoms with E-state index in [1.165, 1.54) is 26.2 Å². The number of nitrogens with one attached hydrogen (secondary N) is 4. The summed E-state index contributed by atoms with van der Waals surface area (Å²) in [5.41, 5.74) is 10.00. The Bertz CT molecular complexity index is 1990. The second kappa shape index (κ2) is 24.0. The predicted molar refractivity (Wildman–Crippen MR) is 238 cm³/mol. The van der Waals surface area contributed by atoms with Gasteiger partial charge in [-0.3, -0.25) is 24.8 Å². The molecule has 0 saturated heterocycles. The third-order valence-electron chi connectivity index (χ3n) is 9.79. The molecule has 4 amide bonds. The first-order chi connectivity index (χ1) is 30.0. The van der Waals surface area contributed by atoms with Crippen molar-refractivity contribution in [3.8, 4) is 11.3 Å². The summed E-state index contributed by atoms with van der Waals surface area (Å²) in [5, 5.41) is 9.69. The van der Waals surface area contributed by atoms with Crippen molar-refractivity contribution in [1.29, 1.82) is 0 Å². The SMILES string of the molecule is COC(=O)N[C@H](C(=O)N[C@@H](Cc1ccccc1)[C@H](CN(Cc1ccc(-c2ccccn2)cc1)NC(=O)[C@@H](NC(=O)OC)C(C)(C)C)OC(=O)OC(OC(=O)[C@H](C)N)C(C)C)C(C)(C)C. The minimum absolute atomic E-state index is 0.0133. The first-order valence-electron chi connectivity index (χ1n) is 20.9. The van der Waals surface area contributed by atoms with Crippen LogP contribution in [-0.2, 0) is 51.0 Å². The third kappa shape index (κ3) is 16.8. The molecule has 3 aromatic rings. The number of carbonyl (C=O) groups is 6. The number of aromatic nitrogens is 1. The van der Waals surface area contributed by atoms with Crippen molar-refractivity contribution in [2.24, 2.45) is 22.5 Å². The number of benzene rings is 2. The topological polar surface area (TPSA) is 239 Å². The van der Waals surface area contributed by atoms with E-state index in [0.717, 1.165) is 16.8 Å². The maximum Gasteiger partial charge on any atom is 0.511 e. The number of nitrogens with two attached hydrogens (primary N) is 1. The number of rotatable bonds is 19. The van der Waals surface area contributed by atoms with Gasteiger partial charge in [0.05, 0.1) is 32.5 Å². The lowest BCUT2D eigenvalue weighted by Crippen LogP contribution is -2.61. The Morgan fingerprint density at radius 3 is 1.75 bits per heavy atom. The Kier molecular flexibility index (Phi) is 19.5. The molecule has 0 aliphatic rings. The number of hydrogen-bond donors (Lipinski definition) is 5. The quantitative estimate of drug-likeness (QED) is 0.0448. The van der Waals surface area contributed by atoms with Crippen LogP contribution in [0.4, 0.5) is 14.4 Å². The van der Waals surface area contributed by atoms with E-state index in [2.05, 4.69) is 26.4 Å². The van der Waals surface area contributed by atoms with Crippen molar-refractivity contribution < 1.29 is 52.5 Å². The lowest BCUT2D eigenvalue weighted by Gasteiger charge is -2.37.